The number of benzene rings is 1. The Morgan fingerprint density at radius 1 is 1.04 bits per heavy atom. The molecule has 1 saturated carbocycles. The highest BCUT2D eigenvalue weighted by molar-refractivity contribution is 5.79. The van der Waals surface area contributed by atoms with E-state index >= 15 is 0 Å². The van der Waals surface area contributed by atoms with E-state index in [0.717, 1.165) is 62.5 Å². The molecule has 1 aromatic carbocycles. The lowest BCUT2D eigenvalue weighted by molar-refractivity contribution is -0.393. The molecule has 27 heavy (non-hydrogen) atoms. The molecular formula is C20H29N3O4. The molecule has 0 aromatic heterocycles. The van der Waals surface area contributed by atoms with E-state index in [4.69, 9.17) is 0 Å². The van der Waals surface area contributed by atoms with Crippen LogP contribution in [0.15, 0.2) is 6.07 Å². The molecule has 1 N–H and O–H groups in total. The number of hydrogen-bond acceptors (Lipinski definition) is 5. The third kappa shape index (κ3) is 3.51. The van der Waals surface area contributed by atoms with Gasteiger partial charge < -0.3 is 5.32 Å². The minimum Gasteiger partial charge on any atom is -0.371 e. The number of nitro benzene ring substituents is 2. The highest BCUT2D eigenvalue weighted by atomic mass is 16.6. The van der Waals surface area contributed by atoms with Crippen molar-refractivity contribution in [3.63, 3.8) is 0 Å². The quantitative estimate of drug-likeness (QED) is 0.512. The van der Waals surface area contributed by atoms with Gasteiger partial charge in [0.15, 0.2) is 5.69 Å². The summed E-state index contributed by atoms with van der Waals surface area (Å²) >= 11 is 0. The SMILES string of the molecule is CCC(CC)Nc1c([N+](=O)[O-])cc2c(c1[N+](=O)[O-])CCCC21CCCCC1. The fourth-order valence-electron chi connectivity index (χ4n) is 5.09. The Labute approximate surface area is 159 Å². The minimum atomic E-state index is -0.455. The van der Waals surface area contributed by atoms with Crippen molar-refractivity contribution < 1.29 is 9.85 Å². The zero-order chi connectivity index (χ0) is 19.6. The van der Waals surface area contributed by atoms with Gasteiger partial charge in [0, 0.05) is 17.7 Å². The summed E-state index contributed by atoms with van der Waals surface area (Å²) in [5, 5.41) is 27.0. The third-order valence-electron chi connectivity index (χ3n) is 6.56. The van der Waals surface area contributed by atoms with Gasteiger partial charge in [0.05, 0.1) is 9.85 Å². The van der Waals surface area contributed by atoms with Crippen molar-refractivity contribution in [2.45, 2.75) is 89.5 Å². The first-order valence-corrected chi connectivity index (χ1v) is 10.2. The van der Waals surface area contributed by atoms with Gasteiger partial charge in [0.25, 0.3) is 5.69 Å². The monoisotopic (exact) mass is 375 g/mol. The van der Waals surface area contributed by atoms with Crippen LogP contribution in [0.25, 0.3) is 0 Å². The molecule has 3 rings (SSSR count). The van der Waals surface area contributed by atoms with E-state index < -0.39 is 9.85 Å². The van der Waals surface area contributed by atoms with Gasteiger partial charge in [-0.1, -0.05) is 33.1 Å². The molecule has 1 spiro atoms. The van der Waals surface area contributed by atoms with E-state index in [0.29, 0.717) is 6.42 Å². The van der Waals surface area contributed by atoms with Crippen molar-refractivity contribution in [2.24, 2.45) is 0 Å². The van der Waals surface area contributed by atoms with E-state index in [1.807, 2.05) is 13.8 Å². The van der Waals surface area contributed by atoms with Gasteiger partial charge in [-0.25, -0.2) is 0 Å². The molecule has 0 atom stereocenters. The van der Waals surface area contributed by atoms with Crippen LogP contribution in [0.4, 0.5) is 17.1 Å². The lowest BCUT2D eigenvalue weighted by Crippen LogP contribution is -2.34. The number of fused-ring (bicyclic) bond motifs is 2. The highest BCUT2D eigenvalue weighted by Gasteiger charge is 2.43. The fourth-order valence-corrected chi connectivity index (χ4v) is 5.09. The lowest BCUT2D eigenvalue weighted by atomic mass is 9.62. The Hall–Kier alpha value is -2.18. The van der Waals surface area contributed by atoms with Gasteiger partial charge >= 0.3 is 5.69 Å². The third-order valence-corrected chi connectivity index (χ3v) is 6.56. The zero-order valence-corrected chi connectivity index (χ0v) is 16.3. The maximum Gasteiger partial charge on any atom is 0.302 e. The first-order valence-electron chi connectivity index (χ1n) is 10.2. The molecule has 0 saturated heterocycles. The molecule has 0 radical (unpaired) electrons. The second kappa shape index (κ2) is 7.82. The maximum atomic E-state index is 12.0. The van der Waals surface area contributed by atoms with Crippen LogP contribution in [0, 0.1) is 20.2 Å². The molecule has 148 valence electrons. The number of nitrogens with zero attached hydrogens (tertiary/aromatic N) is 2. The summed E-state index contributed by atoms with van der Waals surface area (Å²) in [4.78, 5) is 23.0. The smallest absolute Gasteiger partial charge is 0.302 e. The normalized spacial score (nSPS) is 18.3. The second-order valence-electron chi connectivity index (χ2n) is 8.01. The van der Waals surface area contributed by atoms with Crippen molar-refractivity contribution in [2.75, 3.05) is 5.32 Å². The standard InChI is InChI=1S/C20H29N3O4/c1-3-14(4-2)21-18-17(22(24)25)13-16-15(19(18)23(26)27)9-8-12-20(16)10-6-5-7-11-20/h13-14,21H,3-12H2,1-2H3. The summed E-state index contributed by atoms with van der Waals surface area (Å²) in [6.07, 6.45) is 9.35. The average molecular weight is 375 g/mol. The van der Waals surface area contributed by atoms with E-state index in [1.165, 1.54) is 6.42 Å². The van der Waals surface area contributed by atoms with Crippen molar-refractivity contribution >= 4 is 17.1 Å². The fraction of sp³-hybridized carbons (Fsp3) is 0.700. The van der Waals surface area contributed by atoms with E-state index in [-0.39, 0.29) is 28.5 Å². The van der Waals surface area contributed by atoms with Crippen LogP contribution in [-0.4, -0.2) is 15.9 Å². The Balaban J connectivity index is 2.24. The molecule has 1 fully saturated rings. The molecule has 2 aliphatic carbocycles. The first-order chi connectivity index (χ1) is 12.9. The second-order valence-corrected chi connectivity index (χ2v) is 8.01. The predicted octanol–water partition coefficient (Wildman–Crippen LogP) is 5.64. The van der Waals surface area contributed by atoms with Crippen molar-refractivity contribution in [1.82, 2.24) is 0 Å². The van der Waals surface area contributed by atoms with Crippen molar-refractivity contribution in [3.05, 3.63) is 37.4 Å². The number of anilines is 1. The summed E-state index contributed by atoms with van der Waals surface area (Å²) in [5.41, 5.74) is 1.39. The predicted molar refractivity (Wildman–Crippen MR) is 105 cm³/mol. The Kier molecular flexibility index (Phi) is 5.67. The molecule has 2 aliphatic rings. The van der Waals surface area contributed by atoms with E-state index in [2.05, 4.69) is 5.32 Å². The van der Waals surface area contributed by atoms with Crippen LogP contribution in [0.2, 0.25) is 0 Å². The molecule has 1 aromatic rings. The molecule has 0 heterocycles. The summed E-state index contributed by atoms with van der Waals surface area (Å²) in [6, 6.07) is 1.64. The highest BCUT2D eigenvalue weighted by Crippen LogP contribution is 2.53. The van der Waals surface area contributed by atoms with Gasteiger partial charge in [-0.05, 0) is 55.9 Å². The minimum absolute atomic E-state index is 0.0207. The number of hydrogen-bond donors (Lipinski definition) is 1. The van der Waals surface area contributed by atoms with E-state index in [9.17, 15) is 20.2 Å². The number of nitrogens with one attached hydrogen (secondary N) is 1. The summed E-state index contributed by atoms with van der Waals surface area (Å²) < 4.78 is 0. The summed E-state index contributed by atoms with van der Waals surface area (Å²) in [6.45, 7) is 3.96. The van der Waals surface area contributed by atoms with Gasteiger partial charge in [0.1, 0.15) is 0 Å². The van der Waals surface area contributed by atoms with Gasteiger partial charge in [-0.15, -0.1) is 0 Å². The summed E-state index contributed by atoms with van der Waals surface area (Å²) in [5.74, 6) is 0. The Morgan fingerprint density at radius 2 is 1.67 bits per heavy atom. The van der Waals surface area contributed by atoms with Crippen molar-refractivity contribution in [1.29, 1.82) is 0 Å². The largest absolute Gasteiger partial charge is 0.371 e. The number of nitro groups is 2. The van der Waals surface area contributed by atoms with Gasteiger partial charge in [-0.2, -0.15) is 0 Å². The zero-order valence-electron chi connectivity index (χ0n) is 16.3. The molecule has 7 heteroatoms. The van der Waals surface area contributed by atoms with Gasteiger partial charge in [-0.3, -0.25) is 20.2 Å². The Bertz CT molecular complexity index is 737. The van der Waals surface area contributed by atoms with Crippen LogP contribution in [-0.2, 0) is 11.8 Å². The molecule has 0 amide bonds. The average Bonchev–Trinajstić information content (AvgIpc) is 2.65. The molecule has 7 nitrogen and oxygen atoms in total. The van der Waals surface area contributed by atoms with Crippen LogP contribution in [0.5, 0.6) is 0 Å². The van der Waals surface area contributed by atoms with Crippen molar-refractivity contribution in [3.8, 4) is 0 Å². The summed E-state index contributed by atoms with van der Waals surface area (Å²) in [7, 11) is 0. The van der Waals surface area contributed by atoms with Gasteiger partial charge in [0.2, 0.25) is 0 Å². The van der Waals surface area contributed by atoms with Crippen LogP contribution < -0.4 is 5.32 Å². The molecular weight excluding hydrogens is 346 g/mol. The Morgan fingerprint density at radius 3 is 2.22 bits per heavy atom. The maximum absolute atomic E-state index is 12.0. The topological polar surface area (TPSA) is 98.3 Å². The first kappa shape index (κ1) is 19.6. The van der Waals surface area contributed by atoms with Crippen LogP contribution in [0.3, 0.4) is 0 Å². The lowest BCUT2D eigenvalue weighted by Gasteiger charge is -2.42. The van der Waals surface area contributed by atoms with E-state index in [1.54, 1.807) is 6.07 Å². The number of rotatable bonds is 6. The van der Waals surface area contributed by atoms with Crippen LogP contribution >= 0.6 is 0 Å². The molecule has 0 aliphatic heterocycles. The molecule has 0 bridgehead atoms. The molecule has 0 unspecified atom stereocenters. The van der Waals surface area contributed by atoms with Crippen LogP contribution in [0.1, 0.15) is 82.8 Å².